The topological polar surface area (TPSA) is 114 Å². The Kier molecular flexibility index (Phi) is 5.20. The number of methoxy groups -OCH3 is 1. The van der Waals surface area contributed by atoms with Crippen LogP contribution in [0.1, 0.15) is 27.5 Å². The summed E-state index contributed by atoms with van der Waals surface area (Å²) in [5.41, 5.74) is 9.52. The van der Waals surface area contributed by atoms with Crippen molar-refractivity contribution in [2.45, 2.75) is 33.9 Å². The highest BCUT2D eigenvalue weighted by Gasteiger charge is 2.21. The van der Waals surface area contributed by atoms with Crippen LogP contribution in [0.5, 0.6) is 5.75 Å². The van der Waals surface area contributed by atoms with Crippen LogP contribution in [0.2, 0.25) is 5.15 Å². The minimum absolute atomic E-state index is 0.00549. The molecular formula is C19H20ClN7O2S. The fourth-order valence-corrected chi connectivity index (χ4v) is 4.37. The molecule has 0 amide bonds. The van der Waals surface area contributed by atoms with E-state index in [1.165, 1.54) is 20.5 Å². The van der Waals surface area contributed by atoms with E-state index in [0.717, 1.165) is 27.6 Å². The number of aromatic nitrogens is 6. The smallest absolute Gasteiger partial charge is 0.331 e. The van der Waals surface area contributed by atoms with Gasteiger partial charge in [0.2, 0.25) is 5.95 Å². The molecule has 4 heterocycles. The van der Waals surface area contributed by atoms with Gasteiger partial charge in [0.1, 0.15) is 11.3 Å². The molecule has 2 N–H and O–H groups in total. The predicted octanol–water partition coefficient (Wildman–Crippen LogP) is 2.71. The first-order chi connectivity index (χ1) is 14.3. The summed E-state index contributed by atoms with van der Waals surface area (Å²) in [6.07, 6.45) is 1.72. The largest absolute Gasteiger partial charge is 0.496 e. The summed E-state index contributed by atoms with van der Waals surface area (Å²) in [6, 6.07) is 0. The van der Waals surface area contributed by atoms with Gasteiger partial charge in [-0.05, 0) is 20.8 Å². The van der Waals surface area contributed by atoms with Crippen LogP contribution in [0.15, 0.2) is 16.4 Å². The second-order valence-electron chi connectivity index (χ2n) is 6.90. The second kappa shape index (κ2) is 7.69. The zero-order valence-corrected chi connectivity index (χ0v) is 18.5. The lowest BCUT2D eigenvalue weighted by molar-refractivity contribution is 0.406. The van der Waals surface area contributed by atoms with E-state index in [9.17, 15) is 4.79 Å². The minimum Gasteiger partial charge on any atom is -0.496 e. The molecule has 9 nitrogen and oxygen atoms in total. The molecule has 0 unspecified atom stereocenters. The van der Waals surface area contributed by atoms with Gasteiger partial charge < -0.3 is 10.5 Å². The first-order valence-electron chi connectivity index (χ1n) is 9.12. The van der Waals surface area contributed by atoms with E-state index >= 15 is 0 Å². The number of anilines is 1. The van der Waals surface area contributed by atoms with E-state index in [-0.39, 0.29) is 29.9 Å². The summed E-state index contributed by atoms with van der Waals surface area (Å²) in [5, 5.41) is 2.94. The molecule has 4 aromatic heterocycles. The maximum atomic E-state index is 13.4. The predicted molar refractivity (Wildman–Crippen MR) is 117 cm³/mol. The molecule has 0 aliphatic heterocycles. The number of nitrogen functional groups attached to an aromatic ring is 1. The Morgan fingerprint density at radius 2 is 1.93 bits per heavy atom. The van der Waals surface area contributed by atoms with Crippen molar-refractivity contribution in [2.75, 3.05) is 12.8 Å². The Hall–Kier alpha value is -2.98. The number of fused-ring (bicyclic) bond motifs is 1. The van der Waals surface area contributed by atoms with Crippen molar-refractivity contribution in [3.8, 4) is 5.75 Å². The third-order valence-corrected chi connectivity index (χ3v) is 5.96. The highest BCUT2D eigenvalue weighted by atomic mass is 35.5. The summed E-state index contributed by atoms with van der Waals surface area (Å²) in [5.74, 6) is 0.732. The first-order valence-corrected chi connectivity index (χ1v) is 10.4. The van der Waals surface area contributed by atoms with Gasteiger partial charge in [-0.25, -0.2) is 9.78 Å². The molecule has 156 valence electrons. The normalized spacial score (nSPS) is 11.4. The van der Waals surface area contributed by atoms with Crippen LogP contribution < -0.4 is 16.2 Å². The zero-order chi connectivity index (χ0) is 21.6. The molecule has 0 aromatic carbocycles. The van der Waals surface area contributed by atoms with Crippen LogP contribution in [0, 0.1) is 20.8 Å². The van der Waals surface area contributed by atoms with E-state index in [1.54, 1.807) is 13.3 Å². The van der Waals surface area contributed by atoms with Crippen LogP contribution in [0.4, 0.5) is 5.95 Å². The molecule has 30 heavy (non-hydrogen) atoms. The van der Waals surface area contributed by atoms with Gasteiger partial charge in [0.05, 0.1) is 36.6 Å². The maximum Gasteiger partial charge on any atom is 0.331 e. The quantitative estimate of drug-likeness (QED) is 0.469. The maximum absolute atomic E-state index is 13.4. The summed E-state index contributed by atoms with van der Waals surface area (Å²) in [4.78, 5) is 30.7. The van der Waals surface area contributed by atoms with E-state index in [2.05, 4.69) is 19.9 Å². The minimum atomic E-state index is -0.293. The standard InChI is InChI=1S/C19H20ClN7O2S/c1-9-5-22-13(10(2)15(9)29-4)7-27-17-14(16(20)24-18(21)25-17)26(19(27)28)6-12-8-30-11(3)23-12/h5,8H,6-7H2,1-4H3,(H2,21,24,25). The summed E-state index contributed by atoms with van der Waals surface area (Å²) in [7, 11) is 1.61. The number of hydrogen-bond donors (Lipinski definition) is 1. The lowest BCUT2D eigenvalue weighted by Crippen LogP contribution is -2.26. The number of aryl methyl sites for hydroxylation is 2. The average Bonchev–Trinajstić information content (AvgIpc) is 3.20. The number of thiazole rings is 1. The van der Waals surface area contributed by atoms with E-state index < -0.39 is 0 Å². The van der Waals surface area contributed by atoms with Crippen molar-refractivity contribution in [3.05, 3.63) is 54.7 Å². The molecule has 0 radical (unpaired) electrons. The molecular weight excluding hydrogens is 426 g/mol. The monoisotopic (exact) mass is 445 g/mol. The molecule has 0 aliphatic carbocycles. The Morgan fingerprint density at radius 1 is 1.17 bits per heavy atom. The Labute approximate surface area is 181 Å². The molecule has 11 heteroatoms. The number of imidazole rings is 1. The number of halogens is 1. The average molecular weight is 446 g/mol. The van der Waals surface area contributed by atoms with E-state index in [1.807, 2.05) is 26.2 Å². The van der Waals surface area contributed by atoms with Crippen molar-refractivity contribution in [2.24, 2.45) is 0 Å². The number of nitrogens with zero attached hydrogens (tertiary/aromatic N) is 6. The van der Waals surface area contributed by atoms with Crippen molar-refractivity contribution in [1.29, 1.82) is 0 Å². The number of hydrogen-bond acceptors (Lipinski definition) is 8. The van der Waals surface area contributed by atoms with Crippen LogP contribution >= 0.6 is 22.9 Å². The Morgan fingerprint density at radius 3 is 2.60 bits per heavy atom. The molecule has 0 bridgehead atoms. The number of pyridine rings is 1. The van der Waals surface area contributed by atoms with Gasteiger partial charge in [-0.1, -0.05) is 11.6 Å². The third-order valence-electron chi connectivity index (χ3n) is 4.87. The van der Waals surface area contributed by atoms with Crippen molar-refractivity contribution >= 4 is 40.0 Å². The van der Waals surface area contributed by atoms with Gasteiger partial charge >= 0.3 is 5.69 Å². The Balaban J connectivity index is 1.90. The van der Waals surface area contributed by atoms with E-state index in [4.69, 9.17) is 22.1 Å². The zero-order valence-electron chi connectivity index (χ0n) is 16.9. The Bertz CT molecular complexity index is 1320. The second-order valence-corrected chi connectivity index (χ2v) is 8.32. The van der Waals surface area contributed by atoms with Gasteiger partial charge in [0, 0.05) is 22.7 Å². The van der Waals surface area contributed by atoms with Crippen LogP contribution in [0.3, 0.4) is 0 Å². The summed E-state index contributed by atoms with van der Waals surface area (Å²) in [6.45, 7) is 6.18. The van der Waals surface area contributed by atoms with Gasteiger partial charge in [0.25, 0.3) is 0 Å². The van der Waals surface area contributed by atoms with Crippen LogP contribution in [0.25, 0.3) is 11.2 Å². The van der Waals surface area contributed by atoms with Crippen molar-refractivity contribution in [3.63, 3.8) is 0 Å². The molecule has 0 atom stereocenters. The summed E-state index contributed by atoms with van der Waals surface area (Å²) < 4.78 is 8.51. The third kappa shape index (κ3) is 3.41. The number of ether oxygens (including phenoxy) is 1. The van der Waals surface area contributed by atoms with Gasteiger partial charge in [-0.3, -0.25) is 14.1 Å². The van der Waals surface area contributed by atoms with Gasteiger partial charge in [0.15, 0.2) is 10.8 Å². The lowest BCUT2D eigenvalue weighted by Gasteiger charge is -2.12. The van der Waals surface area contributed by atoms with Crippen LogP contribution in [-0.4, -0.2) is 36.2 Å². The highest BCUT2D eigenvalue weighted by Crippen LogP contribution is 2.26. The van der Waals surface area contributed by atoms with Crippen molar-refractivity contribution in [1.82, 2.24) is 29.1 Å². The van der Waals surface area contributed by atoms with Gasteiger partial charge in [-0.15, -0.1) is 11.3 Å². The molecule has 0 fully saturated rings. The molecule has 0 saturated heterocycles. The van der Waals surface area contributed by atoms with Crippen molar-refractivity contribution < 1.29 is 4.74 Å². The van der Waals surface area contributed by atoms with Crippen LogP contribution in [-0.2, 0) is 13.1 Å². The molecule has 4 rings (SSSR count). The fourth-order valence-electron chi connectivity index (χ4n) is 3.50. The SMILES string of the molecule is COc1c(C)cnc(Cn2c(=O)n(Cc3csc(C)n3)c3c(Cl)nc(N)nc32)c1C. The van der Waals surface area contributed by atoms with Gasteiger partial charge in [-0.2, -0.15) is 9.97 Å². The molecule has 0 saturated carbocycles. The fraction of sp³-hybridized carbons (Fsp3) is 0.316. The van der Waals surface area contributed by atoms with E-state index in [0.29, 0.717) is 16.9 Å². The first kappa shape index (κ1) is 20.3. The number of nitrogens with two attached hydrogens (primary N) is 1. The molecule has 4 aromatic rings. The summed E-state index contributed by atoms with van der Waals surface area (Å²) >= 11 is 7.89. The number of rotatable bonds is 5. The lowest BCUT2D eigenvalue weighted by atomic mass is 10.1. The molecule has 0 aliphatic rings. The molecule has 0 spiro atoms. The highest BCUT2D eigenvalue weighted by molar-refractivity contribution is 7.09.